The normalized spacial score (nSPS) is 38.0. The summed E-state index contributed by atoms with van der Waals surface area (Å²) < 4.78 is 5.72. The van der Waals surface area contributed by atoms with Crippen molar-refractivity contribution >= 4 is 0 Å². The van der Waals surface area contributed by atoms with E-state index in [1.54, 1.807) is 0 Å². The molecule has 86 valence electrons. The maximum atomic E-state index is 5.72. The van der Waals surface area contributed by atoms with Crippen molar-refractivity contribution in [3.05, 3.63) is 35.8 Å². The van der Waals surface area contributed by atoms with Gasteiger partial charge in [-0.3, -0.25) is 0 Å². The minimum Gasteiger partial charge on any atom is -0.469 e. The molecule has 0 aromatic carbocycles. The van der Waals surface area contributed by atoms with Crippen molar-refractivity contribution < 1.29 is 4.42 Å². The largest absolute Gasteiger partial charge is 0.469 e. The topological polar surface area (TPSA) is 13.1 Å². The number of fused-ring (bicyclic) bond motifs is 4. The SMILES string of the molecule is C=C1[C@@H](C)C[C@@H]2C[C@]1(C)CCc1ccoc12. The molecular weight excluding hydrogens is 196 g/mol. The van der Waals surface area contributed by atoms with E-state index in [9.17, 15) is 0 Å². The Labute approximate surface area is 97.5 Å². The van der Waals surface area contributed by atoms with Gasteiger partial charge >= 0.3 is 0 Å². The molecular formula is C15H20O. The lowest BCUT2D eigenvalue weighted by molar-refractivity contribution is 0.218. The lowest BCUT2D eigenvalue weighted by Gasteiger charge is -2.41. The Morgan fingerprint density at radius 3 is 3.12 bits per heavy atom. The number of rotatable bonds is 0. The van der Waals surface area contributed by atoms with Gasteiger partial charge in [0.2, 0.25) is 0 Å². The summed E-state index contributed by atoms with van der Waals surface area (Å²) in [5, 5.41) is 0. The minimum atomic E-state index is 0.337. The van der Waals surface area contributed by atoms with Gasteiger partial charge < -0.3 is 4.42 Å². The molecule has 0 N–H and O–H groups in total. The van der Waals surface area contributed by atoms with E-state index in [0.717, 1.165) is 6.42 Å². The van der Waals surface area contributed by atoms with Gasteiger partial charge in [0, 0.05) is 5.92 Å². The molecule has 0 unspecified atom stereocenters. The van der Waals surface area contributed by atoms with Gasteiger partial charge in [-0.2, -0.15) is 0 Å². The van der Waals surface area contributed by atoms with Gasteiger partial charge in [0.05, 0.1) is 6.26 Å². The second-order valence-corrected chi connectivity index (χ2v) is 5.93. The lowest BCUT2D eigenvalue weighted by Crippen LogP contribution is -2.30. The zero-order chi connectivity index (χ0) is 11.3. The Kier molecular flexibility index (Phi) is 2.07. The molecule has 1 aromatic rings. The van der Waals surface area contributed by atoms with Crippen LogP contribution >= 0.6 is 0 Å². The van der Waals surface area contributed by atoms with Gasteiger partial charge in [0.25, 0.3) is 0 Å². The quantitative estimate of drug-likeness (QED) is 0.589. The molecule has 0 spiro atoms. The summed E-state index contributed by atoms with van der Waals surface area (Å²) in [6.45, 7) is 9.06. The second-order valence-electron chi connectivity index (χ2n) is 5.93. The van der Waals surface area contributed by atoms with Gasteiger partial charge in [-0.1, -0.05) is 26.0 Å². The fraction of sp³-hybridized carbons (Fsp3) is 0.600. The molecule has 3 atom stereocenters. The first-order chi connectivity index (χ1) is 7.60. The Balaban J connectivity index is 2.05. The summed E-state index contributed by atoms with van der Waals surface area (Å²) in [7, 11) is 0. The molecule has 1 fully saturated rings. The van der Waals surface area contributed by atoms with Crippen LogP contribution in [0.15, 0.2) is 28.9 Å². The van der Waals surface area contributed by atoms with Gasteiger partial charge in [-0.05, 0) is 48.6 Å². The molecule has 1 heteroatoms. The van der Waals surface area contributed by atoms with Crippen LogP contribution in [0.4, 0.5) is 0 Å². The first-order valence-electron chi connectivity index (χ1n) is 6.36. The Bertz CT molecular complexity index is 428. The van der Waals surface area contributed by atoms with Crippen LogP contribution < -0.4 is 0 Å². The van der Waals surface area contributed by atoms with Gasteiger partial charge in [-0.25, -0.2) is 0 Å². The third-order valence-corrected chi connectivity index (χ3v) is 4.80. The Morgan fingerprint density at radius 2 is 2.31 bits per heavy atom. The van der Waals surface area contributed by atoms with Crippen LogP contribution in [0, 0.1) is 11.3 Å². The lowest BCUT2D eigenvalue weighted by atomic mass is 9.63. The highest BCUT2D eigenvalue weighted by Gasteiger charge is 2.42. The number of hydrogen-bond donors (Lipinski definition) is 0. The molecule has 3 rings (SSSR count). The molecule has 2 aliphatic carbocycles. The van der Waals surface area contributed by atoms with E-state index in [0.29, 0.717) is 17.3 Å². The maximum Gasteiger partial charge on any atom is 0.110 e. The fourth-order valence-corrected chi connectivity index (χ4v) is 3.71. The van der Waals surface area contributed by atoms with Gasteiger partial charge in [-0.15, -0.1) is 0 Å². The second kappa shape index (κ2) is 3.26. The smallest absolute Gasteiger partial charge is 0.110 e. The summed E-state index contributed by atoms with van der Waals surface area (Å²) in [5.41, 5.74) is 3.24. The molecule has 0 amide bonds. The van der Waals surface area contributed by atoms with E-state index in [-0.39, 0.29) is 0 Å². The number of allylic oxidation sites excluding steroid dienone is 1. The average Bonchev–Trinajstić information content (AvgIpc) is 2.67. The molecule has 1 nitrogen and oxygen atoms in total. The van der Waals surface area contributed by atoms with Crippen LogP contribution in [0.5, 0.6) is 0 Å². The highest BCUT2D eigenvalue weighted by atomic mass is 16.3. The number of furan rings is 1. The monoisotopic (exact) mass is 216 g/mol. The summed E-state index contributed by atoms with van der Waals surface area (Å²) in [6.07, 6.45) is 6.71. The summed E-state index contributed by atoms with van der Waals surface area (Å²) in [5.74, 6) is 2.53. The molecule has 0 saturated heterocycles. The predicted molar refractivity (Wildman–Crippen MR) is 65.4 cm³/mol. The van der Waals surface area contributed by atoms with E-state index in [4.69, 9.17) is 4.42 Å². The summed E-state index contributed by atoms with van der Waals surface area (Å²) >= 11 is 0. The zero-order valence-electron chi connectivity index (χ0n) is 10.3. The van der Waals surface area contributed by atoms with E-state index in [1.807, 2.05) is 6.26 Å². The maximum absolute atomic E-state index is 5.72. The number of hydrogen-bond acceptors (Lipinski definition) is 1. The van der Waals surface area contributed by atoms with Gasteiger partial charge in [0.1, 0.15) is 5.76 Å². The molecule has 2 bridgehead atoms. The first-order valence-corrected chi connectivity index (χ1v) is 6.36. The van der Waals surface area contributed by atoms with E-state index in [1.165, 1.54) is 36.2 Å². The van der Waals surface area contributed by atoms with Crippen molar-refractivity contribution in [2.45, 2.75) is 45.4 Å². The highest BCUT2D eigenvalue weighted by Crippen LogP contribution is 2.54. The van der Waals surface area contributed by atoms with Crippen molar-refractivity contribution in [3.63, 3.8) is 0 Å². The standard InChI is InChI=1S/C15H20O/c1-10-8-13-9-15(3,11(10)2)6-4-12-5-7-16-14(12)13/h5,7,10,13H,2,4,6,8-9H2,1,3H3/t10-,13+,15-/m0/s1. The predicted octanol–water partition coefficient (Wildman–Crippen LogP) is 4.30. The minimum absolute atomic E-state index is 0.337. The van der Waals surface area contributed by atoms with Crippen molar-refractivity contribution in [2.24, 2.45) is 11.3 Å². The third-order valence-electron chi connectivity index (χ3n) is 4.80. The molecule has 2 aliphatic rings. The molecule has 1 aromatic heterocycles. The summed E-state index contributed by atoms with van der Waals surface area (Å²) in [6, 6.07) is 2.16. The highest BCUT2D eigenvalue weighted by molar-refractivity contribution is 5.30. The summed E-state index contributed by atoms with van der Waals surface area (Å²) in [4.78, 5) is 0. The van der Waals surface area contributed by atoms with Crippen molar-refractivity contribution in [1.29, 1.82) is 0 Å². The van der Waals surface area contributed by atoms with E-state index >= 15 is 0 Å². The van der Waals surface area contributed by atoms with Crippen LogP contribution in [0.3, 0.4) is 0 Å². The zero-order valence-corrected chi connectivity index (χ0v) is 10.3. The van der Waals surface area contributed by atoms with Crippen LogP contribution in [0.1, 0.15) is 50.4 Å². The van der Waals surface area contributed by atoms with Gasteiger partial charge in [0.15, 0.2) is 0 Å². The third kappa shape index (κ3) is 1.30. The van der Waals surface area contributed by atoms with Crippen molar-refractivity contribution in [3.8, 4) is 0 Å². The van der Waals surface area contributed by atoms with Crippen LogP contribution in [0.25, 0.3) is 0 Å². The molecule has 16 heavy (non-hydrogen) atoms. The Hall–Kier alpha value is -0.980. The molecule has 1 saturated carbocycles. The first kappa shape index (κ1) is 10.2. The van der Waals surface area contributed by atoms with Crippen LogP contribution in [-0.2, 0) is 6.42 Å². The van der Waals surface area contributed by atoms with Crippen LogP contribution in [0.2, 0.25) is 0 Å². The number of aryl methyl sites for hydroxylation is 1. The molecule has 0 radical (unpaired) electrons. The van der Waals surface area contributed by atoms with Crippen molar-refractivity contribution in [1.82, 2.24) is 0 Å². The van der Waals surface area contributed by atoms with E-state index < -0.39 is 0 Å². The van der Waals surface area contributed by atoms with Crippen LogP contribution in [-0.4, -0.2) is 0 Å². The van der Waals surface area contributed by atoms with Crippen molar-refractivity contribution in [2.75, 3.05) is 0 Å². The average molecular weight is 216 g/mol. The molecule has 1 heterocycles. The fourth-order valence-electron chi connectivity index (χ4n) is 3.71. The Morgan fingerprint density at radius 1 is 1.50 bits per heavy atom. The molecule has 0 aliphatic heterocycles. The van der Waals surface area contributed by atoms with E-state index in [2.05, 4.69) is 26.5 Å².